The van der Waals surface area contributed by atoms with Gasteiger partial charge in [-0.2, -0.15) is 0 Å². The molecular formula is C27H32N2O4S2. The van der Waals surface area contributed by atoms with Crippen LogP contribution in [0.4, 0.5) is 5.82 Å². The monoisotopic (exact) mass is 512 g/mol. The van der Waals surface area contributed by atoms with Crippen LogP contribution in [0.5, 0.6) is 11.5 Å². The van der Waals surface area contributed by atoms with E-state index in [0.717, 1.165) is 46.6 Å². The largest absolute Gasteiger partial charge is 0.504 e. The standard InChI is InChI=1S/C27H32N2O4S2/c1-3-16-4-6-21(30)11-24(31)17-5-7-22(23-12-25(32)26(33-2)10-18(23)8-17)19-9-20(15-35-34-14-16)27(28)29-13-19/h8-10,12-13,16,22,32H,3-7,11,14-15H2,1-2H3,(H2,28,29). The Morgan fingerprint density at radius 2 is 2.00 bits per heavy atom. The molecule has 1 aromatic carbocycles. The van der Waals surface area contributed by atoms with E-state index in [4.69, 9.17) is 10.5 Å². The number of phenolic OH excluding ortho intramolecular Hbond substituents is 1. The van der Waals surface area contributed by atoms with E-state index >= 15 is 0 Å². The fourth-order valence-corrected chi connectivity index (χ4v) is 7.35. The molecule has 35 heavy (non-hydrogen) atoms. The minimum Gasteiger partial charge on any atom is -0.504 e. The second kappa shape index (κ2) is 11.5. The lowest BCUT2D eigenvalue weighted by Gasteiger charge is -2.20. The van der Waals surface area contributed by atoms with Gasteiger partial charge >= 0.3 is 0 Å². The highest BCUT2D eigenvalue weighted by Crippen LogP contribution is 2.42. The Morgan fingerprint density at radius 3 is 2.77 bits per heavy atom. The maximum atomic E-state index is 13.2. The van der Waals surface area contributed by atoms with E-state index in [-0.39, 0.29) is 29.7 Å². The molecule has 2 aromatic rings. The number of nitrogen functional groups attached to an aromatic ring is 1. The number of aromatic hydroxyl groups is 1. The van der Waals surface area contributed by atoms with Crippen molar-refractivity contribution < 1.29 is 19.4 Å². The number of nitrogens with zero attached hydrogens (tertiary/aromatic N) is 1. The number of ether oxygens (including phenoxy) is 1. The van der Waals surface area contributed by atoms with Crippen molar-refractivity contribution in [3.63, 3.8) is 0 Å². The van der Waals surface area contributed by atoms with E-state index in [1.165, 1.54) is 7.11 Å². The number of Topliss-reactive ketones (excluding diaryl/α,β-unsaturated/α-hetero) is 2. The number of aromatic nitrogens is 1. The van der Waals surface area contributed by atoms with Crippen LogP contribution < -0.4 is 10.5 Å². The molecule has 4 rings (SSSR count). The normalized spacial score (nSPS) is 21.6. The van der Waals surface area contributed by atoms with Crippen molar-refractivity contribution in [2.24, 2.45) is 5.92 Å². The Balaban J connectivity index is 1.78. The van der Waals surface area contributed by atoms with Crippen LogP contribution >= 0.6 is 21.6 Å². The zero-order valence-electron chi connectivity index (χ0n) is 20.2. The van der Waals surface area contributed by atoms with Crippen LogP contribution in [-0.4, -0.2) is 34.5 Å². The molecular weight excluding hydrogens is 480 g/mol. The second-order valence-electron chi connectivity index (χ2n) is 9.23. The predicted octanol–water partition coefficient (Wildman–Crippen LogP) is 5.92. The van der Waals surface area contributed by atoms with Crippen molar-refractivity contribution in [1.29, 1.82) is 0 Å². The zero-order chi connectivity index (χ0) is 24.9. The topological polar surface area (TPSA) is 103 Å². The van der Waals surface area contributed by atoms with Gasteiger partial charge in [0.2, 0.25) is 0 Å². The molecule has 0 radical (unpaired) electrons. The number of anilines is 1. The SMILES string of the molecule is CCC1CCC(=O)CC(=O)C2=Cc3cc(OC)c(O)cc3C(CC2)c2cnc(N)c(c2)CSSC1. The summed E-state index contributed by atoms with van der Waals surface area (Å²) in [6.45, 7) is 2.15. The van der Waals surface area contributed by atoms with Gasteiger partial charge in [-0.15, -0.1) is 0 Å². The van der Waals surface area contributed by atoms with Gasteiger partial charge in [-0.25, -0.2) is 4.98 Å². The van der Waals surface area contributed by atoms with Crippen LogP contribution in [0, 0.1) is 5.92 Å². The Hall–Kier alpha value is -2.45. The molecule has 0 saturated heterocycles. The van der Waals surface area contributed by atoms with Crippen molar-refractivity contribution in [2.45, 2.75) is 57.1 Å². The van der Waals surface area contributed by atoms with E-state index in [9.17, 15) is 14.7 Å². The number of ketones is 2. The average molecular weight is 513 g/mol. The molecule has 2 aliphatic rings. The lowest BCUT2D eigenvalue weighted by Crippen LogP contribution is -2.12. The van der Waals surface area contributed by atoms with E-state index < -0.39 is 0 Å². The molecule has 0 spiro atoms. The maximum absolute atomic E-state index is 13.2. The van der Waals surface area contributed by atoms with Crippen molar-refractivity contribution in [3.05, 3.63) is 52.2 Å². The molecule has 0 saturated carbocycles. The van der Waals surface area contributed by atoms with Gasteiger partial charge in [0.1, 0.15) is 11.6 Å². The number of allylic oxidation sites excluding steroid dienone is 1. The van der Waals surface area contributed by atoms with Gasteiger partial charge in [0.15, 0.2) is 17.3 Å². The van der Waals surface area contributed by atoms with Crippen LogP contribution in [0.15, 0.2) is 30.0 Å². The first kappa shape index (κ1) is 25.6. The highest BCUT2D eigenvalue weighted by atomic mass is 33.1. The molecule has 2 heterocycles. The summed E-state index contributed by atoms with van der Waals surface area (Å²) in [6.07, 6.45) is 7.04. The average Bonchev–Trinajstić information content (AvgIpc) is 3.03. The summed E-state index contributed by atoms with van der Waals surface area (Å²) in [4.78, 5) is 30.3. The summed E-state index contributed by atoms with van der Waals surface area (Å²) >= 11 is 0. The van der Waals surface area contributed by atoms with Crippen molar-refractivity contribution in [1.82, 2.24) is 4.98 Å². The van der Waals surface area contributed by atoms with Gasteiger partial charge in [0, 0.05) is 35.6 Å². The number of methoxy groups -OCH3 is 1. The number of hydrogen-bond acceptors (Lipinski definition) is 8. The molecule has 1 aromatic heterocycles. The van der Waals surface area contributed by atoms with Gasteiger partial charge in [-0.3, -0.25) is 9.59 Å². The predicted molar refractivity (Wildman–Crippen MR) is 144 cm³/mol. The van der Waals surface area contributed by atoms with Crippen LogP contribution in [0.2, 0.25) is 0 Å². The van der Waals surface area contributed by atoms with Gasteiger partial charge in [-0.05, 0) is 71.7 Å². The maximum Gasteiger partial charge on any atom is 0.166 e. The number of fused-ring (bicyclic) bond motifs is 8. The van der Waals surface area contributed by atoms with Crippen LogP contribution in [0.25, 0.3) is 6.08 Å². The van der Waals surface area contributed by atoms with Crippen LogP contribution in [0.1, 0.15) is 73.6 Å². The van der Waals surface area contributed by atoms with E-state index in [2.05, 4.69) is 18.0 Å². The second-order valence-corrected chi connectivity index (χ2v) is 11.7. The minimum atomic E-state index is -0.118. The molecule has 4 bridgehead atoms. The van der Waals surface area contributed by atoms with Crippen molar-refractivity contribution >= 4 is 45.0 Å². The molecule has 3 N–H and O–H groups in total. The quantitative estimate of drug-likeness (QED) is 0.378. The molecule has 6 nitrogen and oxygen atoms in total. The third kappa shape index (κ3) is 6.04. The molecule has 0 fully saturated rings. The number of nitrogens with two attached hydrogens (primary N) is 1. The summed E-state index contributed by atoms with van der Waals surface area (Å²) in [7, 11) is 5.06. The van der Waals surface area contributed by atoms with E-state index in [0.29, 0.717) is 42.3 Å². The van der Waals surface area contributed by atoms with E-state index in [1.807, 2.05) is 6.08 Å². The molecule has 8 heteroatoms. The van der Waals surface area contributed by atoms with Crippen LogP contribution in [0.3, 0.4) is 0 Å². The van der Waals surface area contributed by atoms with Gasteiger partial charge in [-0.1, -0.05) is 34.9 Å². The number of phenols is 1. The number of pyridine rings is 1. The highest BCUT2D eigenvalue weighted by molar-refractivity contribution is 8.76. The summed E-state index contributed by atoms with van der Waals surface area (Å²) in [6, 6.07) is 5.59. The first-order valence-electron chi connectivity index (χ1n) is 12.0. The first-order valence-corrected chi connectivity index (χ1v) is 14.5. The Kier molecular flexibility index (Phi) is 8.44. The Morgan fingerprint density at radius 1 is 1.17 bits per heavy atom. The zero-order valence-corrected chi connectivity index (χ0v) is 21.8. The molecule has 0 amide bonds. The fourth-order valence-electron chi connectivity index (χ4n) is 4.72. The van der Waals surface area contributed by atoms with E-state index in [1.54, 1.807) is 39.9 Å². The lowest BCUT2D eigenvalue weighted by molar-refractivity contribution is -0.125. The third-order valence-electron chi connectivity index (χ3n) is 6.94. The Bertz CT molecular complexity index is 1150. The fraction of sp³-hybridized carbons (Fsp3) is 0.444. The molecule has 186 valence electrons. The molecule has 2 unspecified atom stereocenters. The van der Waals surface area contributed by atoms with Gasteiger partial charge < -0.3 is 15.6 Å². The lowest BCUT2D eigenvalue weighted by atomic mass is 9.86. The Labute approximate surface area is 214 Å². The molecule has 2 atom stereocenters. The summed E-state index contributed by atoms with van der Waals surface area (Å²) in [5.74, 6) is 2.87. The number of carbonyl (C=O) groups is 2. The molecule has 1 aliphatic carbocycles. The van der Waals surface area contributed by atoms with Crippen molar-refractivity contribution in [2.75, 3.05) is 18.6 Å². The molecule has 1 aliphatic heterocycles. The first-order chi connectivity index (χ1) is 16.9. The summed E-state index contributed by atoms with van der Waals surface area (Å²) < 4.78 is 5.34. The smallest absolute Gasteiger partial charge is 0.166 e. The van der Waals surface area contributed by atoms with Crippen molar-refractivity contribution in [3.8, 4) is 11.5 Å². The third-order valence-corrected chi connectivity index (χ3v) is 9.41. The number of benzene rings is 1. The summed E-state index contributed by atoms with van der Waals surface area (Å²) in [5.41, 5.74) is 10.6. The van der Waals surface area contributed by atoms with Gasteiger partial charge in [0.25, 0.3) is 0 Å². The highest BCUT2D eigenvalue weighted by Gasteiger charge is 2.27. The minimum absolute atomic E-state index is 0.00394. The summed E-state index contributed by atoms with van der Waals surface area (Å²) in [5, 5.41) is 10.5. The van der Waals surface area contributed by atoms with Crippen LogP contribution in [-0.2, 0) is 15.3 Å². The van der Waals surface area contributed by atoms with Gasteiger partial charge in [0.05, 0.1) is 13.5 Å². The number of rotatable bonds is 2. The number of hydrogen-bond donors (Lipinski definition) is 2. The number of carbonyl (C=O) groups excluding carboxylic acids is 2.